The van der Waals surface area contributed by atoms with Crippen LogP contribution in [-0.2, 0) is 13.5 Å². The molecule has 3 nitrogen and oxygen atoms in total. The molecule has 0 radical (unpaired) electrons. The van der Waals surface area contributed by atoms with Crippen molar-refractivity contribution in [1.82, 2.24) is 9.55 Å². The Hall–Kier alpha value is -1.84. The summed E-state index contributed by atoms with van der Waals surface area (Å²) in [6, 6.07) is 16.0. The molecule has 0 bridgehead atoms. The third-order valence-corrected chi connectivity index (χ3v) is 4.15. The zero-order valence-electron chi connectivity index (χ0n) is 12.0. The van der Waals surface area contributed by atoms with E-state index in [1.807, 2.05) is 43.4 Å². The molecule has 0 amide bonds. The number of aryl methyl sites for hydroxylation is 2. The molecule has 0 aliphatic rings. The van der Waals surface area contributed by atoms with Crippen molar-refractivity contribution < 1.29 is 0 Å². The highest BCUT2D eigenvalue weighted by Gasteiger charge is 2.12. The number of aromatic nitrogens is 2. The molecule has 0 aliphatic carbocycles. The van der Waals surface area contributed by atoms with E-state index in [-0.39, 0.29) is 6.04 Å². The van der Waals surface area contributed by atoms with E-state index in [4.69, 9.17) is 17.3 Å². The number of hydrogen-bond acceptors (Lipinski definition) is 2. The first-order valence-electron chi connectivity index (χ1n) is 7.07. The van der Waals surface area contributed by atoms with Crippen molar-refractivity contribution in [2.75, 3.05) is 0 Å². The smallest absolute Gasteiger partial charge is 0.109 e. The van der Waals surface area contributed by atoms with Crippen LogP contribution in [0.15, 0.2) is 48.5 Å². The molecular weight excluding hydrogens is 282 g/mol. The summed E-state index contributed by atoms with van der Waals surface area (Å²) in [6.45, 7) is 0. The third-order valence-electron chi connectivity index (χ3n) is 3.84. The van der Waals surface area contributed by atoms with Crippen LogP contribution >= 0.6 is 11.6 Å². The van der Waals surface area contributed by atoms with E-state index in [2.05, 4.69) is 21.7 Å². The number of imidazole rings is 1. The lowest BCUT2D eigenvalue weighted by molar-refractivity contribution is 0.623. The maximum absolute atomic E-state index is 6.25. The fourth-order valence-corrected chi connectivity index (χ4v) is 2.94. The number of benzene rings is 2. The minimum atomic E-state index is 0.0292. The van der Waals surface area contributed by atoms with E-state index in [0.717, 1.165) is 40.3 Å². The summed E-state index contributed by atoms with van der Waals surface area (Å²) in [6.07, 6.45) is 1.69. The second-order valence-electron chi connectivity index (χ2n) is 5.25. The molecule has 2 aromatic carbocycles. The second kappa shape index (κ2) is 5.88. The summed E-state index contributed by atoms with van der Waals surface area (Å²) < 4.78 is 2.06. The zero-order valence-corrected chi connectivity index (χ0v) is 12.7. The summed E-state index contributed by atoms with van der Waals surface area (Å²) in [5, 5.41) is 0.737. The Morgan fingerprint density at radius 2 is 1.90 bits per heavy atom. The highest BCUT2D eigenvalue weighted by Crippen LogP contribution is 2.25. The van der Waals surface area contributed by atoms with Gasteiger partial charge in [0.05, 0.1) is 16.1 Å². The average Bonchev–Trinajstić information content (AvgIpc) is 2.83. The lowest BCUT2D eigenvalue weighted by Crippen LogP contribution is -2.12. The van der Waals surface area contributed by atoms with Crippen LogP contribution in [0.2, 0.25) is 5.02 Å². The quantitative estimate of drug-likeness (QED) is 0.795. The monoisotopic (exact) mass is 299 g/mol. The van der Waals surface area contributed by atoms with Crippen molar-refractivity contribution in [3.05, 3.63) is 64.9 Å². The molecular formula is C17H18ClN3. The molecule has 1 heterocycles. The van der Waals surface area contributed by atoms with Gasteiger partial charge in [0.1, 0.15) is 5.82 Å². The van der Waals surface area contributed by atoms with Gasteiger partial charge in [-0.15, -0.1) is 0 Å². The van der Waals surface area contributed by atoms with Crippen LogP contribution in [0, 0.1) is 0 Å². The summed E-state index contributed by atoms with van der Waals surface area (Å²) in [5.41, 5.74) is 9.34. The summed E-state index contributed by atoms with van der Waals surface area (Å²) in [5.74, 6) is 1.02. The van der Waals surface area contributed by atoms with E-state index in [1.54, 1.807) is 0 Å². The van der Waals surface area contributed by atoms with Gasteiger partial charge in [-0.3, -0.25) is 0 Å². The van der Waals surface area contributed by atoms with Crippen molar-refractivity contribution in [3.63, 3.8) is 0 Å². The molecule has 4 heteroatoms. The van der Waals surface area contributed by atoms with Crippen LogP contribution in [0.25, 0.3) is 11.0 Å². The minimum absolute atomic E-state index is 0.0292. The van der Waals surface area contributed by atoms with E-state index < -0.39 is 0 Å². The zero-order chi connectivity index (χ0) is 14.8. The standard InChI is InChI=1S/C17H18ClN3/c1-21-16(20-15-9-5-8-13(18)17(15)21)11-10-14(19)12-6-3-2-4-7-12/h2-9,14H,10-11,19H2,1H3. The highest BCUT2D eigenvalue weighted by molar-refractivity contribution is 6.35. The van der Waals surface area contributed by atoms with Crippen LogP contribution in [0.3, 0.4) is 0 Å². The van der Waals surface area contributed by atoms with E-state index in [0.29, 0.717) is 0 Å². The first-order valence-corrected chi connectivity index (χ1v) is 7.45. The average molecular weight is 300 g/mol. The molecule has 0 spiro atoms. The van der Waals surface area contributed by atoms with Gasteiger partial charge in [-0.05, 0) is 24.1 Å². The van der Waals surface area contributed by atoms with Crippen LogP contribution in [0.1, 0.15) is 23.9 Å². The fraction of sp³-hybridized carbons (Fsp3) is 0.235. The maximum atomic E-state index is 6.25. The van der Waals surface area contributed by atoms with Crippen molar-refractivity contribution in [2.45, 2.75) is 18.9 Å². The minimum Gasteiger partial charge on any atom is -0.330 e. The molecule has 0 aliphatic heterocycles. The number of rotatable bonds is 4. The number of hydrogen-bond donors (Lipinski definition) is 1. The van der Waals surface area contributed by atoms with E-state index >= 15 is 0 Å². The lowest BCUT2D eigenvalue weighted by Gasteiger charge is -2.11. The van der Waals surface area contributed by atoms with Crippen LogP contribution < -0.4 is 5.73 Å². The Labute approximate surface area is 129 Å². The molecule has 0 saturated heterocycles. The van der Waals surface area contributed by atoms with Crippen LogP contribution in [0.4, 0.5) is 0 Å². The van der Waals surface area contributed by atoms with Gasteiger partial charge in [0.2, 0.25) is 0 Å². The number of nitrogens with two attached hydrogens (primary N) is 1. The predicted molar refractivity (Wildman–Crippen MR) is 87.4 cm³/mol. The first-order chi connectivity index (χ1) is 10.2. The van der Waals surface area contributed by atoms with Crippen LogP contribution in [0.5, 0.6) is 0 Å². The predicted octanol–water partition coefficient (Wildman–Crippen LogP) is 3.86. The fourth-order valence-electron chi connectivity index (χ4n) is 2.64. The Bertz CT molecular complexity index is 749. The summed E-state index contributed by atoms with van der Waals surface area (Å²) in [4.78, 5) is 4.66. The van der Waals surface area contributed by atoms with Gasteiger partial charge in [-0.1, -0.05) is 48.0 Å². The molecule has 0 saturated carbocycles. The van der Waals surface area contributed by atoms with Gasteiger partial charge in [-0.2, -0.15) is 0 Å². The largest absolute Gasteiger partial charge is 0.330 e. The SMILES string of the molecule is Cn1c(CCC(N)c2ccccc2)nc2cccc(Cl)c21. The maximum Gasteiger partial charge on any atom is 0.109 e. The van der Waals surface area contributed by atoms with Gasteiger partial charge in [0.25, 0.3) is 0 Å². The van der Waals surface area contributed by atoms with E-state index in [1.165, 1.54) is 0 Å². The van der Waals surface area contributed by atoms with Gasteiger partial charge in [-0.25, -0.2) is 4.98 Å². The third kappa shape index (κ3) is 2.80. The van der Waals surface area contributed by atoms with Crippen LogP contribution in [-0.4, -0.2) is 9.55 Å². The Morgan fingerprint density at radius 1 is 1.14 bits per heavy atom. The van der Waals surface area contributed by atoms with Gasteiger partial charge in [0, 0.05) is 19.5 Å². The molecule has 1 unspecified atom stereocenters. The van der Waals surface area contributed by atoms with Crippen molar-refractivity contribution in [1.29, 1.82) is 0 Å². The summed E-state index contributed by atoms with van der Waals surface area (Å²) >= 11 is 6.25. The molecule has 0 fully saturated rings. The number of fused-ring (bicyclic) bond motifs is 1. The van der Waals surface area contributed by atoms with Crippen molar-refractivity contribution in [3.8, 4) is 0 Å². The highest BCUT2D eigenvalue weighted by atomic mass is 35.5. The molecule has 1 aromatic heterocycles. The van der Waals surface area contributed by atoms with E-state index in [9.17, 15) is 0 Å². The number of nitrogens with zero attached hydrogens (tertiary/aromatic N) is 2. The normalized spacial score (nSPS) is 12.7. The topological polar surface area (TPSA) is 43.8 Å². The van der Waals surface area contributed by atoms with Gasteiger partial charge in [0.15, 0.2) is 0 Å². The van der Waals surface area contributed by atoms with Gasteiger partial charge >= 0.3 is 0 Å². The summed E-state index contributed by atoms with van der Waals surface area (Å²) in [7, 11) is 2.00. The molecule has 1 atom stereocenters. The second-order valence-corrected chi connectivity index (χ2v) is 5.66. The van der Waals surface area contributed by atoms with Crippen molar-refractivity contribution >= 4 is 22.6 Å². The Kier molecular flexibility index (Phi) is 3.95. The molecule has 108 valence electrons. The lowest BCUT2D eigenvalue weighted by atomic mass is 10.0. The van der Waals surface area contributed by atoms with Gasteiger partial charge < -0.3 is 10.3 Å². The first kappa shape index (κ1) is 14.1. The molecule has 3 rings (SSSR count). The molecule has 3 aromatic rings. The molecule has 21 heavy (non-hydrogen) atoms. The Morgan fingerprint density at radius 3 is 2.62 bits per heavy atom. The Balaban J connectivity index is 1.80. The number of para-hydroxylation sites is 1. The molecule has 2 N–H and O–H groups in total. The van der Waals surface area contributed by atoms with Crippen molar-refractivity contribution in [2.24, 2.45) is 12.8 Å². The number of halogens is 1.